The van der Waals surface area contributed by atoms with Gasteiger partial charge in [-0.3, -0.25) is 4.79 Å². The molecule has 0 unspecified atom stereocenters. The van der Waals surface area contributed by atoms with Gasteiger partial charge in [-0.05, 0) is 29.8 Å². The molecule has 0 bridgehead atoms. The van der Waals surface area contributed by atoms with Gasteiger partial charge in [0.1, 0.15) is 0 Å². The molecule has 0 saturated heterocycles. The molecule has 0 amide bonds. The number of hydrogen-bond donors (Lipinski definition) is 1. The normalized spacial score (nSPS) is 10.1. The van der Waals surface area contributed by atoms with Crippen molar-refractivity contribution >= 4 is 23.1 Å². The van der Waals surface area contributed by atoms with Gasteiger partial charge in [-0.1, -0.05) is 35.9 Å². The zero-order chi connectivity index (χ0) is 13.0. The second-order valence-electron chi connectivity index (χ2n) is 4.02. The minimum atomic E-state index is 0.0993. The van der Waals surface area contributed by atoms with Gasteiger partial charge in [0.15, 0.2) is 5.78 Å². The molecular formula is C15H14ClNO. The Morgan fingerprint density at radius 1 is 1.11 bits per heavy atom. The van der Waals surface area contributed by atoms with Crippen LogP contribution in [0.5, 0.6) is 0 Å². The number of carbonyl (C=O) groups excluding carboxylic acids is 1. The molecule has 0 spiro atoms. The lowest BCUT2D eigenvalue weighted by Gasteiger charge is -2.07. The van der Waals surface area contributed by atoms with Crippen molar-refractivity contribution in [2.45, 2.75) is 6.42 Å². The van der Waals surface area contributed by atoms with Gasteiger partial charge < -0.3 is 5.32 Å². The third-order valence-corrected chi connectivity index (χ3v) is 3.03. The van der Waals surface area contributed by atoms with Crippen LogP contribution in [0.1, 0.15) is 15.9 Å². The Morgan fingerprint density at radius 3 is 2.44 bits per heavy atom. The summed E-state index contributed by atoms with van der Waals surface area (Å²) in [6, 6.07) is 14.9. The summed E-state index contributed by atoms with van der Waals surface area (Å²) in [6.07, 6.45) is 0.385. The SMILES string of the molecule is CNc1ccccc1C(=O)Cc1ccc(Cl)cc1. The van der Waals surface area contributed by atoms with Crippen LogP contribution in [0.3, 0.4) is 0 Å². The van der Waals surface area contributed by atoms with Gasteiger partial charge in [-0.15, -0.1) is 0 Å². The molecule has 0 radical (unpaired) electrons. The Kier molecular flexibility index (Phi) is 4.00. The Bertz CT molecular complexity index is 549. The molecule has 0 atom stereocenters. The smallest absolute Gasteiger partial charge is 0.169 e. The fraction of sp³-hybridized carbons (Fsp3) is 0.133. The van der Waals surface area contributed by atoms with E-state index in [1.165, 1.54) is 0 Å². The minimum absolute atomic E-state index is 0.0993. The summed E-state index contributed by atoms with van der Waals surface area (Å²) in [6.45, 7) is 0. The fourth-order valence-electron chi connectivity index (χ4n) is 1.83. The molecule has 2 aromatic rings. The molecule has 0 saturated carbocycles. The number of hydrogen-bond acceptors (Lipinski definition) is 2. The van der Waals surface area contributed by atoms with Crippen LogP contribution in [0.4, 0.5) is 5.69 Å². The van der Waals surface area contributed by atoms with Crippen LogP contribution in [-0.4, -0.2) is 12.8 Å². The van der Waals surface area contributed by atoms with Gasteiger partial charge >= 0.3 is 0 Å². The lowest BCUT2D eigenvalue weighted by atomic mass is 10.0. The second-order valence-corrected chi connectivity index (χ2v) is 4.46. The number of benzene rings is 2. The van der Waals surface area contributed by atoms with Crippen molar-refractivity contribution in [3.63, 3.8) is 0 Å². The highest BCUT2D eigenvalue weighted by atomic mass is 35.5. The first-order valence-electron chi connectivity index (χ1n) is 5.75. The van der Waals surface area contributed by atoms with E-state index in [0.29, 0.717) is 11.4 Å². The van der Waals surface area contributed by atoms with Crippen molar-refractivity contribution in [1.29, 1.82) is 0 Å². The first-order valence-corrected chi connectivity index (χ1v) is 6.13. The predicted octanol–water partition coefficient (Wildman–Crippen LogP) is 3.81. The lowest BCUT2D eigenvalue weighted by molar-refractivity contribution is 0.0994. The summed E-state index contributed by atoms with van der Waals surface area (Å²) in [5.41, 5.74) is 2.54. The van der Waals surface area contributed by atoms with Crippen LogP contribution >= 0.6 is 11.6 Å². The topological polar surface area (TPSA) is 29.1 Å². The van der Waals surface area contributed by atoms with Crippen LogP contribution in [0, 0.1) is 0 Å². The fourth-order valence-corrected chi connectivity index (χ4v) is 1.95. The van der Waals surface area contributed by atoms with Gasteiger partial charge in [-0.25, -0.2) is 0 Å². The van der Waals surface area contributed by atoms with Gasteiger partial charge in [-0.2, -0.15) is 0 Å². The van der Waals surface area contributed by atoms with E-state index in [-0.39, 0.29) is 5.78 Å². The van der Waals surface area contributed by atoms with E-state index in [4.69, 9.17) is 11.6 Å². The van der Waals surface area contributed by atoms with Crippen molar-refractivity contribution in [3.8, 4) is 0 Å². The number of carbonyl (C=O) groups is 1. The zero-order valence-electron chi connectivity index (χ0n) is 10.1. The maximum absolute atomic E-state index is 12.2. The number of rotatable bonds is 4. The number of halogens is 1. The molecule has 18 heavy (non-hydrogen) atoms. The minimum Gasteiger partial charge on any atom is -0.388 e. The van der Waals surface area contributed by atoms with Crippen LogP contribution in [0.15, 0.2) is 48.5 Å². The molecule has 0 aliphatic heterocycles. The zero-order valence-corrected chi connectivity index (χ0v) is 10.9. The summed E-state index contributed by atoms with van der Waals surface area (Å²) in [7, 11) is 1.81. The van der Waals surface area contributed by atoms with Gasteiger partial charge in [0.05, 0.1) is 0 Å². The van der Waals surface area contributed by atoms with Crippen LogP contribution in [0.2, 0.25) is 5.02 Å². The van der Waals surface area contributed by atoms with Gasteiger partial charge in [0.2, 0.25) is 0 Å². The summed E-state index contributed by atoms with van der Waals surface area (Å²) >= 11 is 5.82. The Morgan fingerprint density at radius 2 is 1.78 bits per heavy atom. The molecule has 0 aliphatic carbocycles. The molecule has 0 aliphatic rings. The first-order chi connectivity index (χ1) is 8.70. The average Bonchev–Trinajstić information content (AvgIpc) is 2.41. The Hall–Kier alpha value is -1.80. The van der Waals surface area contributed by atoms with E-state index in [0.717, 1.165) is 16.8 Å². The number of Topliss-reactive ketones (excluding diaryl/α,β-unsaturated/α-hetero) is 1. The Balaban J connectivity index is 2.19. The quantitative estimate of drug-likeness (QED) is 0.846. The largest absolute Gasteiger partial charge is 0.388 e. The lowest BCUT2D eigenvalue weighted by Crippen LogP contribution is -2.06. The third-order valence-electron chi connectivity index (χ3n) is 2.77. The van der Waals surface area contributed by atoms with Gasteiger partial charge in [0, 0.05) is 29.7 Å². The van der Waals surface area contributed by atoms with E-state index < -0.39 is 0 Å². The number of nitrogens with one attached hydrogen (secondary N) is 1. The third kappa shape index (κ3) is 2.90. The monoisotopic (exact) mass is 259 g/mol. The molecule has 2 rings (SSSR count). The second kappa shape index (κ2) is 5.69. The maximum Gasteiger partial charge on any atom is 0.169 e. The van der Waals surface area contributed by atoms with E-state index in [1.807, 2.05) is 43.4 Å². The van der Waals surface area contributed by atoms with Crippen molar-refractivity contribution in [1.82, 2.24) is 0 Å². The molecule has 1 N–H and O–H groups in total. The van der Waals surface area contributed by atoms with E-state index in [9.17, 15) is 4.79 Å². The molecule has 92 valence electrons. The maximum atomic E-state index is 12.2. The summed E-state index contributed by atoms with van der Waals surface area (Å²) in [5.74, 6) is 0.0993. The van der Waals surface area contributed by atoms with Crippen molar-refractivity contribution in [3.05, 3.63) is 64.7 Å². The highest BCUT2D eigenvalue weighted by molar-refractivity contribution is 6.30. The van der Waals surface area contributed by atoms with E-state index in [1.54, 1.807) is 12.1 Å². The van der Waals surface area contributed by atoms with Crippen LogP contribution < -0.4 is 5.32 Å². The standard InChI is InChI=1S/C15H14ClNO/c1-17-14-5-3-2-4-13(14)15(18)10-11-6-8-12(16)9-7-11/h2-9,17H,10H2,1H3. The summed E-state index contributed by atoms with van der Waals surface area (Å²) in [5, 5.41) is 3.71. The highest BCUT2D eigenvalue weighted by Gasteiger charge is 2.10. The Labute approximate surface area is 112 Å². The summed E-state index contributed by atoms with van der Waals surface area (Å²) in [4.78, 5) is 12.2. The average molecular weight is 260 g/mol. The molecule has 0 aromatic heterocycles. The van der Waals surface area contributed by atoms with Crippen molar-refractivity contribution in [2.75, 3.05) is 12.4 Å². The van der Waals surface area contributed by atoms with Crippen LogP contribution in [-0.2, 0) is 6.42 Å². The predicted molar refractivity (Wildman–Crippen MR) is 75.5 cm³/mol. The van der Waals surface area contributed by atoms with Crippen LogP contribution in [0.25, 0.3) is 0 Å². The highest BCUT2D eigenvalue weighted by Crippen LogP contribution is 2.18. The molecule has 0 fully saturated rings. The molecule has 3 heteroatoms. The molecule has 2 nitrogen and oxygen atoms in total. The van der Waals surface area contributed by atoms with Gasteiger partial charge in [0.25, 0.3) is 0 Å². The van der Waals surface area contributed by atoms with Crippen molar-refractivity contribution < 1.29 is 4.79 Å². The molecule has 2 aromatic carbocycles. The van der Waals surface area contributed by atoms with E-state index in [2.05, 4.69) is 5.32 Å². The number of ketones is 1. The molecule has 0 heterocycles. The number of para-hydroxylation sites is 1. The molecular weight excluding hydrogens is 246 g/mol. The van der Waals surface area contributed by atoms with E-state index >= 15 is 0 Å². The number of anilines is 1. The first kappa shape index (κ1) is 12.7. The summed E-state index contributed by atoms with van der Waals surface area (Å²) < 4.78 is 0. The van der Waals surface area contributed by atoms with Crippen molar-refractivity contribution in [2.24, 2.45) is 0 Å².